The van der Waals surface area contributed by atoms with Crippen LogP contribution in [0.4, 0.5) is 11.5 Å². The van der Waals surface area contributed by atoms with E-state index in [1.54, 1.807) is 18.3 Å². The first kappa shape index (κ1) is 18.0. The third kappa shape index (κ3) is 5.60. The second-order valence-electron chi connectivity index (χ2n) is 5.95. The molecule has 0 spiro atoms. The van der Waals surface area contributed by atoms with Crippen LogP contribution in [0.3, 0.4) is 0 Å². The molecule has 2 N–H and O–H groups in total. The molecule has 1 amide bonds. The van der Waals surface area contributed by atoms with Crippen LogP contribution in [-0.2, 0) is 17.6 Å². The molecule has 0 unspecified atom stereocenters. The van der Waals surface area contributed by atoms with E-state index in [9.17, 15) is 4.79 Å². The van der Waals surface area contributed by atoms with Crippen LogP contribution in [0.2, 0.25) is 5.02 Å². The normalized spacial score (nSPS) is 10.3. The largest absolute Gasteiger partial charge is 0.370 e. The number of halogens is 1. The second kappa shape index (κ2) is 9.02. The Morgan fingerprint density at radius 2 is 1.69 bits per heavy atom. The molecule has 0 aliphatic rings. The van der Waals surface area contributed by atoms with Crippen molar-refractivity contribution >= 4 is 29.0 Å². The van der Waals surface area contributed by atoms with Gasteiger partial charge in [-0.25, -0.2) is 4.98 Å². The average molecular weight is 366 g/mol. The maximum atomic E-state index is 12.1. The van der Waals surface area contributed by atoms with E-state index >= 15 is 0 Å². The zero-order valence-corrected chi connectivity index (χ0v) is 15.0. The Kier molecular flexibility index (Phi) is 6.23. The minimum Gasteiger partial charge on any atom is -0.370 e. The fourth-order valence-electron chi connectivity index (χ4n) is 2.54. The van der Waals surface area contributed by atoms with Crippen LogP contribution < -0.4 is 10.6 Å². The van der Waals surface area contributed by atoms with E-state index in [1.807, 2.05) is 42.5 Å². The van der Waals surface area contributed by atoms with Gasteiger partial charge in [-0.1, -0.05) is 54.1 Å². The minimum atomic E-state index is -0.0843. The Balaban J connectivity index is 1.46. The molecule has 0 fully saturated rings. The summed E-state index contributed by atoms with van der Waals surface area (Å²) in [4.78, 5) is 16.4. The van der Waals surface area contributed by atoms with Gasteiger partial charge >= 0.3 is 0 Å². The lowest BCUT2D eigenvalue weighted by Crippen LogP contribution is -2.14. The van der Waals surface area contributed by atoms with Crippen molar-refractivity contribution in [3.63, 3.8) is 0 Å². The van der Waals surface area contributed by atoms with Crippen LogP contribution in [0.1, 0.15) is 11.1 Å². The number of anilines is 2. The number of aromatic nitrogens is 1. The van der Waals surface area contributed by atoms with Gasteiger partial charge in [0.2, 0.25) is 5.91 Å². The van der Waals surface area contributed by atoms with Crippen molar-refractivity contribution in [1.82, 2.24) is 4.98 Å². The Morgan fingerprint density at radius 3 is 2.38 bits per heavy atom. The SMILES string of the molecule is O=C(Cc1ccc(Cl)cc1)Nc1ccc(NCCc2ccccc2)nc1. The molecular weight excluding hydrogens is 346 g/mol. The van der Waals surface area contributed by atoms with Crippen LogP contribution in [0.15, 0.2) is 72.9 Å². The van der Waals surface area contributed by atoms with Crippen molar-refractivity contribution in [3.05, 3.63) is 89.1 Å². The van der Waals surface area contributed by atoms with E-state index in [1.165, 1.54) is 5.56 Å². The molecule has 0 radical (unpaired) electrons. The van der Waals surface area contributed by atoms with Gasteiger partial charge in [0.25, 0.3) is 0 Å². The van der Waals surface area contributed by atoms with Crippen LogP contribution in [0.25, 0.3) is 0 Å². The van der Waals surface area contributed by atoms with Gasteiger partial charge in [-0.05, 0) is 41.8 Å². The molecule has 0 aliphatic heterocycles. The van der Waals surface area contributed by atoms with Crippen molar-refractivity contribution in [2.75, 3.05) is 17.2 Å². The number of carbonyl (C=O) groups excluding carboxylic acids is 1. The number of benzene rings is 2. The van der Waals surface area contributed by atoms with E-state index in [4.69, 9.17) is 11.6 Å². The van der Waals surface area contributed by atoms with Crippen molar-refractivity contribution in [2.45, 2.75) is 12.8 Å². The van der Waals surface area contributed by atoms with E-state index < -0.39 is 0 Å². The summed E-state index contributed by atoms with van der Waals surface area (Å²) in [7, 11) is 0. The summed E-state index contributed by atoms with van der Waals surface area (Å²) in [5.41, 5.74) is 2.88. The molecule has 2 aromatic carbocycles. The van der Waals surface area contributed by atoms with Gasteiger partial charge in [0.05, 0.1) is 18.3 Å². The van der Waals surface area contributed by atoms with Crippen LogP contribution in [-0.4, -0.2) is 17.4 Å². The van der Waals surface area contributed by atoms with Crippen LogP contribution in [0.5, 0.6) is 0 Å². The molecule has 4 nitrogen and oxygen atoms in total. The number of hydrogen-bond donors (Lipinski definition) is 2. The summed E-state index contributed by atoms with van der Waals surface area (Å²) in [6.07, 6.45) is 2.89. The van der Waals surface area contributed by atoms with Crippen molar-refractivity contribution in [1.29, 1.82) is 0 Å². The molecule has 3 rings (SSSR count). The molecule has 0 saturated carbocycles. The molecule has 3 aromatic rings. The number of pyridine rings is 1. The Labute approximate surface area is 158 Å². The van der Waals surface area contributed by atoms with Crippen molar-refractivity contribution in [3.8, 4) is 0 Å². The van der Waals surface area contributed by atoms with Crippen molar-refractivity contribution < 1.29 is 4.79 Å². The fraction of sp³-hybridized carbons (Fsp3) is 0.143. The number of hydrogen-bond acceptors (Lipinski definition) is 3. The fourth-order valence-corrected chi connectivity index (χ4v) is 2.67. The topological polar surface area (TPSA) is 54.0 Å². The molecule has 1 heterocycles. The number of carbonyl (C=O) groups is 1. The molecule has 132 valence electrons. The Morgan fingerprint density at radius 1 is 0.923 bits per heavy atom. The first-order valence-corrected chi connectivity index (χ1v) is 8.85. The summed E-state index contributed by atoms with van der Waals surface area (Å²) in [6, 6.07) is 21.3. The maximum Gasteiger partial charge on any atom is 0.228 e. The highest BCUT2D eigenvalue weighted by Crippen LogP contribution is 2.13. The summed E-state index contributed by atoms with van der Waals surface area (Å²) in [5.74, 6) is 0.704. The van der Waals surface area contributed by atoms with Gasteiger partial charge in [-0.15, -0.1) is 0 Å². The monoisotopic (exact) mass is 365 g/mol. The highest BCUT2D eigenvalue weighted by atomic mass is 35.5. The smallest absolute Gasteiger partial charge is 0.228 e. The third-order valence-electron chi connectivity index (χ3n) is 3.89. The van der Waals surface area contributed by atoms with Gasteiger partial charge in [0.15, 0.2) is 0 Å². The van der Waals surface area contributed by atoms with Gasteiger partial charge in [-0.2, -0.15) is 0 Å². The van der Waals surface area contributed by atoms with Crippen LogP contribution in [0, 0.1) is 0 Å². The van der Waals surface area contributed by atoms with E-state index in [0.717, 1.165) is 24.3 Å². The lowest BCUT2D eigenvalue weighted by molar-refractivity contribution is -0.115. The third-order valence-corrected chi connectivity index (χ3v) is 4.14. The van der Waals surface area contributed by atoms with E-state index in [-0.39, 0.29) is 5.91 Å². The first-order valence-electron chi connectivity index (χ1n) is 8.47. The average Bonchev–Trinajstić information content (AvgIpc) is 2.66. The molecule has 26 heavy (non-hydrogen) atoms. The van der Waals surface area contributed by atoms with Crippen LogP contribution >= 0.6 is 11.6 Å². The predicted molar refractivity (Wildman–Crippen MR) is 107 cm³/mol. The first-order chi connectivity index (χ1) is 12.7. The number of amides is 1. The number of nitrogens with zero attached hydrogens (tertiary/aromatic N) is 1. The standard InChI is InChI=1S/C21H20ClN3O/c22-18-8-6-17(7-9-18)14-21(26)25-19-10-11-20(24-15-19)23-13-12-16-4-2-1-3-5-16/h1-11,15H,12-14H2,(H,23,24)(H,25,26). The molecule has 5 heteroatoms. The minimum absolute atomic E-state index is 0.0843. The van der Waals surface area contributed by atoms with Crippen molar-refractivity contribution in [2.24, 2.45) is 0 Å². The van der Waals surface area contributed by atoms with Gasteiger partial charge < -0.3 is 10.6 Å². The highest BCUT2D eigenvalue weighted by Gasteiger charge is 2.05. The summed E-state index contributed by atoms with van der Waals surface area (Å²) >= 11 is 5.85. The summed E-state index contributed by atoms with van der Waals surface area (Å²) in [6.45, 7) is 0.805. The predicted octanol–water partition coefficient (Wildman–Crippen LogP) is 4.57. The summed E-state index contributed by atoms with van der Waals surface area (Å²) in [5, 5.41) is 6.80. The van der Waals surface area contributed by atoms with Gasteiger partial charge in [0, 0.05) is 11.6 Å². The molecule has 0 bridgehead atoms. The molecule has 1 aromatic heterocycles. The number of nitrogens with one attached hydrogen (secondary N) is 2. The quantitative estimate of drug-likeness (QED) is 0.644. The Hall–Kier alpha value is -2.85. The van der Waals surface area contributed by atoms with Gasteiger partial charge in [-0.3, -0.25) is 4.79 Å². The van der Waals surface area contributed by atoms with E-state index in [0.29, 0.717) is 17.1 Å². The lowest BCUT2D eigenvalue weighted by atomic mass is 10.1. The van der Waals surface area contributed by atoms with E-state index in [2.05, 4.69) is 27.8 Å². The zero-order chi connectivity index (χ0) is 18.2. The van der Waals surface area contributed by atoms with Gasteiger partial charge in [0.1, 0.15) is 5.82 Å². The highest BCUT2D eigenvalue weighted by molar-refractivity contribution is 6.30. The molecular formula is C21H20ClN3O. The summed E-state index contributed by atoms with van der Waals surface area (Å²) < 4.78 is 0. The maximum absolute atomic E-state index is 12.1. The number of rotatable bonds is 7. The lowest BCUT2D eigenvalue weighted by Gasteiger charge is -2.08. The zero-order valence-electron chi connectivity index (χ0n) is 14.3. The second-order valence-corrected chi connectivity index (χ2v) is 6.38. The molecule has 0 aliphatic carbocycles. The molecule has 0 saturated heterocycles. The molecule has 0 atom stereocenters. The Bertz CT molecular complexity index is 833.